The lowest BCUT2D eigenvalue weighted by Crippen LogP contribution is -2.43. The van der Waals surface area contributed by atoms with E-state index < -0.39 is 6.04 Å². The van der Waals surface area contributed by atoms with Crippen molar-refractivity contribution < 1.29 is 19.1 Å². The van der Waals surface area contributed by atoms with Crippen LogP contribution in [0.2, 0.25) is 5.02 Å². The number of rotatable bonds is 3. The fourth-order valence-corrected chi connectivity index (χ4v) is 3.33. The van der Waals surface area contributed by atoms with Gasteiger partial charge in [0.05, 0.1) is 26.7 Å². The maximum absolute atomic E-state index is 12.6. The largest absolute Gasteiger partial charge is 0.493 e. The van der Waals surface area contributed by atoms with Crippen LogP contribution in [-0.2, 0) is 16.0 Å². The van der Waals surface area contributed by atoms with Gasteiger partial charge in [-0.2, -0.15) is 0 Å². The molecule has 6 heteroatoms. The second-order valence-electron chi connectivity index (χ2n) is 5.82. The van der Waals surface area contributed by atoms with Gasteiger partial charge in [-0.3, -0.25) is 14.5 Å². The highest BCUT2D eigenvalue weighted by atomic mass is 35.5. The summed E-state index contributed by atoms with van der Waals surface area (Å²) in [5, 5.41) is 0.591. The molecule has 1 aliphatic heterocycles. The number of halogens is 1. The summed E-state index contributed by atoms with van der Waals surface area (Å²) in [6.45, 7) is 1.40. The van der Waals surface area contributed by atoms with Crippen molar-refractivity contribution in [2.45, 2.75) is 19.4 Å². The number of carbonyl (C=O) groups is 2. The Labute approximate surface area is 151 Å². The third-order valence-corrected chi connectivity index (χ3v) is 4.59. The van der Waals surface area contributed by atoms with Crippen molar-refractivity contribution >= 4 is 23.4 Å². The van der Waals surface area contributed by atoms with E-state index in [2.05, 4.69) is 0 Å². The van der Waals surface area contributed by atoms with Crippen molar-refractivity contribution in [1.29, 1.82) is 0 Å². The Kier molecular flexibility index (Phi) is 4.68. The molecule has 1 heterocycles. The molecule has 1 atom stereocenters. The molecule has 0 N–H and O–H groups in total. The molecule has 2 amide bonds. The van der Waals surface area contributed by atoms with Gasteiger partial charge in [-0.05, 0) is 41.0 Å². The van der Waals surface area contributed by atoms with Crippen molar-refractivity contribution in [2.75, 3.05) is 14.2 Å². The predicted molar refractivity (Wildman–Crippen MR) is 94.1 cm³/mol. The fraction of sp³-hybridized carbons (Fsp3) is 0.263. The van der Waals surface area contributed by atoms with Crippen LogP contribution in [0.25, 0.3) is 0 Å². The zero-order valence-corrected chi connectivity index (χ0v) is 15.0. The Morgan fingerprint density at radius 1 is 1.12 bits per heavy atom. The summed E-state index contributed by atoms with van der Waals surface area (Å²) < 4.78 is 10.7. The quantitative estimate of drug-likeness (QED) is 0.843. The van der Waals surface area contributed by atoms with Crippen LogP contribution in [-0.4, -0.2) is 30.9 Å². The molecule has 5 nitrogen and oxygen atoms in total. The number of hydrogen-bond donors (Lipinski definition) is 0. The average molecular weight is 360 g/mol. The van der Waals surface area contributed by atoms with Gasteiger partial charge in [-0.1, -0.05) is 23.7 Å². The van der Waals surface area contributed by atoms with Gasteiger partial charge in [0.25, 0.3) is 0 Å². The Balaban J connectivity index is 2.23. The minimum absolute atomic E-state index is 0.138. The van der Waals surface area contributed by atoms with E-state index in [4.69, 9.17) is 21.1 Å². The average Bonchev–Trinajstić information content (AvgIpc) is 2.59. The molecule has 1 unspecified atom stereocenters. The highest BCUT2D eigenvalue weighted by Gasteiger charge is 2.37. The number of ether oxygens (including phenoxy) is 2. The summed E-state index contributed by atoms with van der Waals surface area (Å²) in [6.07, 6.45) is 0.138. The van der Waals surface area contributed by atoms with E-state index in [0.29, 0.717) is 16.5 Å². The van der Waals surface area contributed by atoms with Crippen molar-refractivity contribution in [3.8, 4) is 11.5 Å². The lowest BCUT2D eigenvalue weighted by molar-refractivity contribution is -0.146. The zero-order chi connectivity index (χ0) is 18.1. The second kappa shape index (κ2) is 6.76. The highest BCUT2D eigenvalue weighted by molar-refractivity contribution is 6.30. The molecule has 2 aromatic rings. The van der Waals surface area contributed by atoms with Crippen molar-refractivity contribution in [2.24, 2.45) is 0 Å². The molecule has 1 aliphatic rings. The monoisotopic (exact) mass is 359 g/mol. The molecular weight excluding hydrogens is 342 g/mol. The molecule has 0 spiro atoms. The lowest BCUT2D eigenvalue weighted by Gasteiger charge is -2.36. The van der Waals surface area contributed by atoms with Crippen molar-refractivity contribution in [3.63, 3.8) is 0 Å². The normalized spacial score (nSPS) is 16.4. The number of amides is 2. The topological polar surface area (TPSA) is 55.8 Å². The maximum Gasteiger partial charge on any atom is 0.234 e. The third-order valence-electron chi connectivity index (χ3n) is 4.33. The van der Waals surface area contributed by atoms with E-state index in [-0.39, 0.29) is 18.2 Å². The Morgan fingerprint density at radius 3 is 2.28 bits per heavy atom. The number of hydrogen-bond acceptors (Lipinski definition) is 4. The number of methoxy groups -OCH3 is 2. The molecule has 0 aliphatic carbocycles. The van der Waals surface area contributed by atoms with E-state index in [0.717, 1.165) is 16.7 Å². The van der Waals surface area contributed by atoms with Crippen molar-refractivity contribution in [1.82, 2.24) is 4.90 Å². The fourth-order valence-electron chi connectivity index (χ4n) is 3.21. The summed E-state index contributed by atoms with van der Waals surface area (Å²) >= 11 is 5.98. The number of carbonyl (C=O) groups excluding carboxylic acids is 2. The third kappa shape index (κ3) is 3.07. The predicted octanol–water partition coefficient (Wildman–Crippen LogP) is 3.38. The maximum atomic E-state index is 12.6. The first-order valence-electron chi connectivity index (χ1n) is 7.79. The Morgan fingerprint density at radius 2 is 1.72 bits per heavy atom. The molecule has 130 valence electrons. The first-order chi connectivity index (χ1) is 12.0. The van der Waals surface area contributed by atoms with Gasteiger partial charge in [0.2, 0.25) is 11.8 Å². The lowest BCUT2D eigenvalue weighted by atomic mass is 9.87. The van der Waals surface area contributed by atoms with Gasteiger partial charge in [0.15, 0.2) is 11.5 Å². The first kappa shape index (κ1) is 17.3. The van der Waals surface area contributed by atoms with Crippen LogP contribution in [0.15, 0.2) is 36.4 Å². The van der Waals surface area contributed by atoms with E-state index in [1.807, 2.05) is 18.2 Å². The molecule has 0 bridgehead atoms. The van der Waals surface area contributed by atoms with E-state index >= 15 is 0 Å². The molecule has 25 heavy (non-hydrogen) atoms. The molecule has 0 radical (unpaired) electrons. The number of fused-ring (bicyclic) bond motifs is 1. The van der Waals surface area contributed by atoms with Gasteiger partial charge in [0.1, 0.15) is 0 Å². The van der Waals surface area contributed by atoms with E-state index in [1.54, 1.807) is 32.4 Å². The van der Waals surface area contributed by atoms with Crippen LogP contribution in [0.1, 0.15) is 29.7 Å². The molecule has 3 rings (SSSR count). The first-order valence-corrected chi connectivity index (χ1v) is 8.17. The van der Waals surface area contributed by atoms with Crippen LogP contribution < -0.4 is 9.47 Å². The van der Waals surface area contributed by atoms with Crippen LogP contribution in [0.5, 0.6) is 11.5 Å². The number of nitrogens with zero attached hydrogens (tertiary/aromatic N) is 1. The smallest absolute Gasteiger partial charge is 0.234 e. The minimum atomic E-state index is -0.522. The SMILES string of the molecule is COc1cc2c(cc1OC)C(c1ccc(Cl)cc1)N(C(C)=O)C(=O)C2. The van der Waals surface area contributed by atoms with Gasteiger partial charge in [0, 0.05) is 11.9 Å². The van der Waals surface area contributed by atoms with E-state index in [9.17, 15) is 9.59 Å². The summed E-state index contributed by atoms with van der Waals surface area (Å²) in [4.78, 5) is 26.1. The summed E-state index contributed by atoms with van der Waals surface area (Å²) in [7, 11) is 3.10. The van der Waals surface area contributed by atoms with Gasteiger partial charge in [-0.15, -0.1) is 0 Å². The molecule has 2 aromatic carbocycles. The zero-order valence-electron chi connectivity index (χ0n) is 14.2. The molecular formula is C19H18ClNO4. The van der Waals surface area contributed by atoms with Crippen LogP contribution in [0.3, 0.4) is 0 Å². The van der Waals surface area contributed by atoms with Gasteiger partial charge < -0.3 is 9.47 Å². The molecule has 0 saturated carbocycles. The second-order valence-corrected chi connectivity index (χ2v) is 6.26. The molecule has 0 fully saturated rings. The minimum Gasteiger partial charge on any atom is -0.493 e. The van der Waals surface area contributed by atoms with Crippen LogP contribution in [0.4, 0.5) is 0 Å². The highest BCUT2D eigenvalue weighted by Crippen LogP contribution is 2.41. The molecule has 0 saturated heterocycles. The Hall–Kier alpha value is -2.53. The standard InChI is InChI=1S/C19H18ClNO4/c1-11(22)21-18(23)9-13-8-16(24-2)17(25-3)10-15(13)19(21)12-4-6-14(20)7-5-12/h4-8,10,19H,9H2,1-3H3. The summed E-state index contributed by atoms with van der Waals surface area (Å²) in [6, 6.07) is 10.2. The van der Waals surface area contributed by atoms with E-state index in [1.165, 1.54) is 11.8 Å². The van der Waals surface area contributed by atoms with Crippen LogP contribution >= 0.6 is 11.6 Å². The number of benzene rings is 2. The van der Waals surface area contributed by atoms with Crippen LogP contribution in [0, 0.1) is 0 Å². The van der Waals surface area contributed by atoms with Crippen molar-refractivity contribution in [3.05, 3.63) is 58.1 Å². The Bertz CT molecular complexity index is 832. The summed E-state index contributed by atoms with van der Waals surface area (Å²) in [5.74, 6) is 0.566. The molecule has 0 aromatic heterocycles. The summed E-state index contributed by atoms with van der Waals surface area (Å²) in [5.41, 5.74) is 2.47. The number of imide groups is 1. The van der Waals surface area contributed by atoms with Gasteiger partial charge >= 0.3 is 0 Å². The van der Waals surface area contributed by atoms with Gasteiger partial charge in [-0.25, -0.2) is 0 Å².